The summed E-state index contributed by atoms with van der Waals surface area (Å²) < 4.78 is 18.1. The van der Waals surface area contributed by atoms with Gasteiger partial charge in [0.2, 0.25) is 0 Å². The van der Waals surface area contributed by atoms with Crippen molar-refractivity contribution in [3.05, 3.63) is 24.4 Å². The van der Waals surface area contributed by atoms with E-state index in [4.69, 9.17) is 4.74 Å². The van der Waals surface area contributed by atoms with E-state index in [1.165, 1.54) is 19.3 Å². The number of carbonyl (C=O) groups excluding carboxylic acids is 1. The third-order valence-electron chi connectivity index (χ3n) is 1.76. The maximum Gasteiger partial charge on any atom is 0.308 e. The number of H-pyrrole nitrogens is 1. The molecule has 0 aliphatic carbocycles. The largest absolute Gasteiger partial charge is 0.424 e. The van der Waals surface area contributed by atoms with Gasteiger partial charge < -0.3 is 9.72 Å². The molecule has 0 bridgehead atoms. The van der Waals surface area contributed by atoms with Crippen molar-refractivity contribution in [2.45, 2.75) is 6.92 Å². The first-order valence-corrected chi connectivity index (χ1v) is 3.97. The molecule has 0 fully saturated rings. The van der Waals surface area contributed by atoms with Crippen molar-refractivity contribution in [2.24, 2.45) is 0 Å². The fourth-order valence-corrected chi connectivity index (χ4v) is 1.25. The van der Waals surface area contributed by atoms with Crippen LogP contribution in [0.5, 0.6) is 5.75 Å². The van der Waals surface area contributed by atoms with E-state index >= 15 is 0 Å². The van der Waals surface area contributed by atoms with Crippen LogP contribution in [0, 0.1) is 5.82 Å². The van der Waals surface area contributed by atoms with Crippen molar-refractivity contribution in [1.82, 2.24) is 9.97 Å². The summed E-state index contributed by atoms with van der Waals surface area (Å²) in [6.07, 6.45) is 3.96. The first kappa shape index (κ1) is 8.68. The van der Waals surface area contributed by atoms with Crippen molar-refractivity contribution in [2.75, 3.05) is 0 Å². The molecule has 14 heavy (non-hydrogen) atoms. The molecule has 0 unspecified atom stereocenters. The lowest BCUT2D eigenvalue weighted by Gasteiger charge is -1.98. The molecule has 2 heterocycles. The van der Waals surface area contributed by atoms with E-state index < -0.39 is 11.8 Å². The first-order chi connectivity index (χ1) is 6.68. The molecule has 0 aliphatic heterocycles. The fraction of sp³-hybridized carbons (Fsp3) is 0.111. The minimum absolute atomic E-state index is 0.187. The van der Waals surface area contributed by atoms with E-state index in [0.29, 0.717) is 5.52 Å². The van der Waals surface area contributed by atoms with Gasteiger partial charge in [-0.05, 0) is 0 Å². The van der Waals surface area contributed by atoms with Crippen molar-refractivity contribution in [1.29, 1.82) is 0 Å². The second-order valence-corrected chi connectivity index (χ2v) is 2.79. The summed E-state index contributed by atoms with van der Waals surface area (Å²) in [5, 5.41) is 0.246. The predicted octanol–water partition coefficient (Wildman–Crippen LogP) is 1.63. The third kappa shape index (κ3) is 1.32. The molecule has 0 saturated carbocycles. The second-order valence-electron chi connectivity index (χ2n) is 2.79. The van der Waals surface area contributed by atoms with Crippen LogP contribution in [0.1, 0.15) is 6.92 Å². The van der Waals surface area contributed by atoms with Gasteiger partial charge in [0.15, 0.2) is 11.6 Å². The Morgan fingerprint density at radius 3 is 3.07 bits per heavy atom. The van der Waals surface area contributed by atoms with E-state index in [2.05, 4.69) is 9.97 Å². The van der Waals surface area contributed by atoms with Crippen molar-refractivity contribution >= 4 is 16.9 Å². The van der Waals surface area contributed by atoms with Crippen LogP contribution in [-0.4, -0.2) is 15.9 Å². The Morgan fingerprint density at radius 1 is 1.57 bits per heavy atom. The van der Waals surface area contributed by atoms with Crippen molar-refractivity contribution < 1.29 is 13.9 Å². The summed E-state index contributed by atoms with van der Waals surface area (Å²) >= 11 is 0. The lowest BCUT2D eigenvalue weighted by Crippen LogP contribution is -2.00. The Bertz CT molecular complexity index is 493. The molecule has 0 aliphatic rings. The highest BCUT2D eigenvalue weighted by atomic mass is 19.1. The monoisotopic (exact) mass is 194 g/mol. The maximum absolute atomic E-state index is 13.3. The Kier molecular flexibility index (Phi) is 1.92. The molecule has 0 radical (unpaired) electrons. The number of hydrogen-bond acceptors (Lipinski definition) is 3. The number of carbonyl (C=O) groups is 1. The van der Waals surface area contributed by atoms with Crippen LogP contribution < -0.4 is 4.74 Å². The van der Waals surface area contributed by atoms with Gasteiger partial charge in [0, 0.05) is 13.1 Å². The highest BCUT2D eigenvalue weighted by molar-refractivity contribution is 5.88. The standard InChI is InChI=1S/C9H7FN2O2/c1-5(13)14-8-4-12-7-3-11-2-6(10)9(7)8/h2-4,12H,1H3. The number of esters is 1. The molecule has 72 valence electrons. The Morgan fingerprint density at radius 2 is 2.36 bits per heavy atom. The molecule has 0 atom stereocenters. The molecule has 1 N–H and O–H groups in total. The van der Waals surface area contributed by atoms with Gasteiger partial charge in [-0.2, -0.15) is 0 Å². The highest BCUT2D eigenvalue weighted by Gasteiger charge is 2.11. The summed E-state index contributed by atoms with van der Waals surface area (Å²) in [5.74, 6) is -0.811. The molecule has 0 spiro atoms. The minimum atomic E-state index is -0.514. The zero-order chi connectivity index (χ0) is 10.1. The molecule has 4 nitrogen and oxygen atoms in total. The topological polar surface area (TPSA) is 55.0 Å². The molecule has 0 saturated heterocycles. The van der Waals surface area contributed by atoms with Gasteiger partial charge in [0.05, 0.1) is 23.3 Å². The van der Waals surface area contributed by atoms with Crippen LogP contribution in [0.3, 0.4) is 0 Å². The lowest BCUT2D eigenvalue weighted by atomic mass is 10.3. The molecule has 2 aromatic heterocycles. The summed E-state index contributed by atoms with van der Waals surface area (Å²) in [4.78, 5) is 17.1. The normalized spacial score (nSPS) is 10.4. The smallest absolute Gasteiger partial charge is 0.308 e. The molecule has 0 amide bonds. The molecule has 0 aromatic carbocycles. The number of nitrogens with one attached hydrogen (secondary N) is 1. The number of hydrogen-bond donors (Lipinski definition) is 1. The Labute approximate surface area is 78.7 Å². The number of fused-ring (bicyclic) bond motifs is 1. The summed E-state index contributed by atoms with van der Waals surface area (Å²) in [7, 11) is 0. The van der Waals surface area contributed by atoms with Gasteiger partial charge >= 0.3 is 5.97 Å². The zero-order valence-corrected chi connectivity index (χ0v) is 7.37. The van der Waals surface area contributed by atoms with Crippen LogP contribution in [0.4, 0.5) is 4.39 Å². The van der Waals surface area contributed by atoms with Gasteiger partial charge in [0.25, 0.3) is 0 Å². The third-order valence-corrected chi connectivity index (χ3v) is 1.76. The SMILES string of the molecule is CC(=O)Oc1c[nH]c2cncc(F)c12. The van der Waals surface area contributed by atoms with Gasteiger partial charge in [0.1, 0.15) is 0 Å². The van der Waals surface area contributed by atoms with Crippen LogP contribution in [0.15, 0.2) is 18.6 Å². The van der Waals surface area contributed by atoms with Gasteiger partial charge in [-0.1, -0.05) is 0 Å². The van der Waals surface area contributed by atoms with E-state index in [0.717, 1.165) is 6.20 Å². The van der Waals surface area contributed by atoms with Crippen LogP contribution in [0.2, 0.25) is 0 Å². The summed E-state index contributed by atoms with van der Waals surface area (Å²) in [5.41, 5.74) is 0.501. The number of rotatable bonds is 1. The lowest BCUT2D eigenvalue weighted by molar-refractivity contribution is -0.131. The quantitative estimate of drug-likeness (QED) is 0.702. The summed E-state index contributed by atoms with van der Waals surface area (Å²) in [6.45, 7) is 1.26. The average Bonchev–Trinajstić information content (AvgIpc) is 2.49. The number of halogens is 1. The van der Waals surface area contributed by atoms with Crippen molar-refractivity contribution in [3.8, 4) is 5.75 Å². The van der Waals surface area contributed by atoms with E-state index in [1.54, 1.807) is 0 Å². The molecular weight excluding hydrogens is 187 g/mol. The second kappa shape index (κ2) is 3.10. The van der Waals surface area contributed by atoms with Gasteiger partial charge in [-0.25, -0.2) is 4.39 Å². The average molecular weight is 194 g/mol. The number of aromatic nitrogens is 2. The highest BCUT2D eigenvalue weighted by Crippen LogP contribution is 2.26. The number of ether oxygens (including phenoxy) is 1. The number of pyridine rings is 1. The van der Waals surface area contributed by atoms with Gasteiger partial charge in [-0.3, -0.25) is 9.78 Å². The van der Waals surface area contributed by atoms with Crippen molar-refractivity contribution in [3.63, 3.8) is 0 Å². The van der Waals surface area contributed by atoms with Crippen LogP contribution in [0.25, 0.3) is 10.9 Å². The maximum atomic E-state index is 13.3. The van der Waals surface area contributed by atoms with Crippen LogP contribution in [-0.2, 0) is 4.79 Å². The fourth-order valence-electron chi connectivity index (χ4n) is 1.25. The Hall–Kier alpha value is -1.91. The molecular formula is C9H7FN2O2. The molecule has 2 rings (SSSR count). The van der Waals surface area contributed by atoms with Gasteiger partial charge in [-0.15, -0.1) is 0 Å². The minimum Gasteiger partial charge on any atom is -0.424 e. The number of nitrogens with zero attached hydrogens (tertiary/aromatic N) is 1. The zero-order valence-electron chi connectivity index (χ0n) is 7.37. The number of aromatic amines is 1. The molecule has 2 aromatic rings. The van der Waals surface area contributed by atoms with Crippen LogP contribution >= 0.6 is 0 Å². The molecule has 5 heteroatoms. The first-order valence-electron chi connectivity index (χ1n) is 3.97. The predicted molar refractivity (Wildman–Crippen MR) is 47.4 cm³/mol. The van der Waals surface area contributed by atoms with E-state index in [1.807, 2.05) is 0 Å². The van der Waals surface area contributed by atoms with E-state index in [-0.39, 0.29) is 11.1 Å². The Balaban J connectivity index is 2.61. The summed E-state index contributed by atoms with van der Waals surface area (Å²) in [6, 6.07) is 0. The van der Waals surface area contributed by atoms with E-state index in [9.17, 15) is 9.18 Å².